The molecule has 0 fully saturated rings. The van der Waals surface area contributed by atoms with Crippen LogP contribution in [0.5, 0.6) is 11.5 Å². The molecule has 4 rings (SSSR count). The Morgan fingerprint density at radius 3 is 2.69 bits per heavy atom. The summed E-state index contributed by atoms with van der Waals surface area (Å²) >= 11 is 6.18. The third-order valence-electron chi connectivity index (χ3n) is 3.78. The van der Waals surface area contributed by atoms with Crippen LogP contribution in [0.1, 0.15) is 25.1 Å². The van der Waals surface area contributed by atoms with Crippen LogP contribution in [0.15, 0.2) is 17.9 Å². The molecule has 2 aromatic rings. The fourth-order valence-electron chi connectivity index (χ4n) is 2.75. The SMILES string of the molecule is FC(F)(F)OC1=CC(c2nnc3c4c(c(Cl)nn23)OCCCO4)=CCC1. The summed E-state index contributed by atoms with van der Waals surface area (Å²) in [4.78, 5) is 0. The first-order valence-corrected chi connectivity index (χ1v) is 8.17. The van der Waals surface area contributed by atoms with E-state index in [1.165, 1.54) is 10.6 Å². The van der Waals surface area contributed by atoms with Crippen molar-refractivity contribution in [3.8, 4) is 11.5 Å². The Labute approximate surface area is 150 Å². The summed E-state index contributed by atoms with van der Waals surface area (Å²) in [6.45, 7) is 0.842. The molecule has 0 radical (unpaired) electrons. The van der Waals surface area contributed by atoms with Crippen LogP contribution in [0.2, 0.25) is 5.15 Å². The average molecular weight is 389 g/mol. The third kappa shape index (κ3) is 3.16. The second kappa shape index (κ2) is 6.35. The molecule has 2 aliphatic rings. The van der Waals surface area contributed by atoms with Crippen LogP contribution in [0.25, 0.3) is 11.2 Å². The predicted molar refractivity (Wildman–Crippen MR) is 83.8 cm³/mol. The molecule has 7 nitrogen and oxygen atoms in total. The molecule has 0 saturated heterocycles. The minimum absolute atomic E-state index is 0.0580. The van der Waals surface area contributed by atoms with Gasteiger partial charge in [0.15, 0.2) is 11.0 Å². The maximum atomic E-state index is 12.5. The van der Waals surface area contributed by atoms with Gasteiger partial charge in [0.1, 0.15) is 5.76 Å². The van der Waals surface area contributed by atoms with Gasteiger partial charge in [0, 0.05) is 18.4 Å². The summed E-state index contributed by atoms with van der Waals surface area (Å²) in [7, 11) is 0. The molecule has 26 heavy (non-hydrogen) atoms. The first kappa shape index (κ1) is 17.0. The summed E-state index contributed by atoms with van der Waals surface area (Å²) in [5, 5.41) is 12.3. The van der Waals surface area contributed by atoms with Gasteiger partial charge in [0.2, 0.25) is 17.1 Å². The van der Waals surface area contributed by atoms with Gasteiger partial charge in [-0.1, -0.05) is 17.7 Å². The molecule has 1 aliphatic heterocycles. The van der Waals surface area contributed by atoms with E-state index in [0.717, 1.165) is 0 Å². The largest absolute Gasteiger partial charge is 0.572 e. The van der Waals surface area contributed by atoms with Crippen molar-refractivity contribution in [3.05, 3.63) is 28.9 Å². The van der Waals surface area contributed by atoms with Crippen LogP contribution in [-0.2, 0) is 4.74 Å². The molecule has 3 heterocycles. The van der Waals surface area contributed by atoms with Crippen LogP contribution >= 0.6 is 11.6 Å². The number of halogens is 4. The second-order valence-electron chi connectivity index (χ2n) is 5.62. The topological polar surface area (TPSA) is 70.8 Å². The lowest BCUT2D eigenvalue weighted by Crippen LogP contribution is -2.14. The van der Waals surface area contributed by atoms with Gasteiger partial charge in [-0.15, -0.1) is 28.5 Å². The van der Waals surface area contributed by atoms with Crippen molar-refractivity contribution in [1.82, 2.24) is 19.8 Å². The minimum Gasteiger partial charge on any atom is -0.487 e. The summed E-state index contributed by atoms with van der Waals surface area (Å²) in [5.74, 6) is 0.631. The Hall–Kier alpha value is -2.49. The Bertz CT molecular complexity index is 923. The number of hydrogen-bond donors (Lipinski definition) is 0. The molecule has 0 N–H and O–H groups in total. The van der Waals surface area contributed by atoms with E-state index in [2.05, 4.69) is 20.0 Å². The zero-order valence-electron chi connectivity index (χ0n) is 13.2. The molecule has 0 amide bonds. The normalized spacial score (nSPS) is 17.5. The van der Waals surface area contributed by atoms with Crippen LogP contribution in [-0.4, -0.2) is 39.4 Å². The van der Waals surface area contributed by atoms with E-state index in [1.54, 1.807) is 6.08 Å². The van der Waals surface area contributed by atoms with Crippen molar-refractivity contribution >= 4 is 22.8 Å². The van der Waals surface area contributed by atoms with E-state index in [0.29, 0.717) is 37.4 Å². The van der Waals surface area contributed by atoms with Crippen LogP contribution in [0, 0.1) is 0 Å². The van der Waals surface area contributed by atoms with Crippen molar-refractivity contribution in [2.24, 2.45) is 0 Å². The van der Waals surface area contributed by atoms with Crippen molar-refractivity contribution < 1.29 is 27.4 Å². The van der Waals surface area contributed by atoms with E-state index in [1.807, 2.05) is 0 Å². The van der Waals surface area contributed by atoms with Gasteiger partial charge in [0.05, 0.1) is 13.2 Å². The van der Waals surface area contributed by atoms with E-state index in [-0.39, 0.29) is 34.6 Å². The molecule has 11 heteroatoms. The second-order valence-corrected chi connectivity index (χ2v) is 5.97. The highest BCUT2D eigenvalue weighted by molar-refractivity contribution is 6.31. The lowest BCUT2D eigenvalue weighted by Gasteiger charge is -2.16. The molecule has 2 aromatic heterocycles. The smallest absolute Gasteiger partial charge is 0.487 e. The number of alkyl halides is 3. The maximum absolute atomic E-state index is 12.5. The Kier molecular flexibility index (Phi) is 4.14. The van der Waals surface area contributed by atoms with E-state index >= 15 is 0 Å². The standard InChI is InChI=1S/C15H12ClF3N4O3/c16-12-10-11(25-6-2-5-24-10)14-21-20-13(23(14)22-12)8-3-1-4-9(7-8)26-15(17,18)19/h3,7H,1-2,4-6H2. The fraction of sp³-hybridized carbons (Fsp3) is 0.400. The molecular formula is C15H12ClF3N4O3. The van der Waals surface area contributed by atoms with Gasteiger partial charge >= 0.3 is 6.36 Å². The van der Waals surface area contributed by atoms with Crippen molar-refractivity contribution in [2.75, 3.05) is 13.2 Å². The highest BCUT2D eigenvalue weighted by Crippen LogP contribution is 2.39. The zero-order chi connectivity index (χ0) is 18.3. The first-order valence-electron chi connectivity index (χ1n) is 7.80. The number of ether oxygens (including phenoxy) is 3. The summed E-state index contributed by atoms with van der Waals surface area (Å²) in [5.41, 5.74) is 0.681. The van der Waals surface area contributed by atoms with Crippen LogP contribution in [0.4, 0.5) is 13.2 Å². The van der Waals surface area contributed by atoms with Gasteiger partial charge in [0.25, 0.3) is 0 Å². The predicted octanol–water partition coefficient (Wildman–Crippen LogP) is 3.54. The minimum atomic E-state index is -4.74. The zero-order valence-corrected chi connectivity index (χ0v) is 14.0. The highest BCUT2D eigenvalue weighted by atomic mass is 35.5. The third-order valence-corrected chi connectivity index (χ3v) is 4.03. The van der Waals surface area contributed by atoms with E-state index in [4.69, 9.17) is 21.1 Å². The van der Waals surface area contributed by atoms with Gasteiger partial charge < -0.3 is 14.2 Å². The fourth-order valence-corrected chi connectivity index (χ4v) is 2.96. The molecule has 0 aromatic carbocycles. The number of aromatic nitrogens is 4. The van der Waals surface area contributed by atoms with Crippen LogP contribution < -0.4 is 9.47 Å². The lowest BCUT2D eigenvalue weighted by molar-refractivity contribution is -0.306. The van der Waals surface area contributed by atoms with E-state index in [9.17, 15) is 13.2 Å². The van der Waals surface area contributed by atoms with Crippen molar-refractivity contribution in [2.45, 2.75) is 25.6 Å². The molecule has 1 aliphatic carbocycles. The molecule has 138 valence electrons. The lowest BCUT2D eigenvalue weighted by atomic mass is 10.1. The Morgan fingerprint density at radius 2 is 1.92 bits per heavy atom. The quantitative estimate of drug-likeness (QED) is 0.783. The summed E-state index contributed by atoms with van der Waals surface area (Å²) < 4.78 is 53.9. The summed E-state index contributed by atoms with van der Waals surface area (Å²) in [6, 6.07) is 0. The van der Waals surface area contributed by atoms with Crippen molar-refractivity contribution in [1.29, 1.82) is 0 Å². The first-order chi connectivity index (χ1) is 12.4. The number of fused-ring (bicyclic) bond motifs is 3. The average Bonchev–Trinajstić information content (AvgIpc) is 2.82. The number of allylic oxidation sites excluding steroid dienone is 4. The van der Waals surface area contributed by atoms with Gasteiger partial charge in [-0.2, -0.15) is 4.52 Å². The number of nitrogens with zero attached hydrogens (tertiary/aromatic N) is 4. The number of rotatable bonds is 2. The molecule has 0 atom stereocenters. The Morgan fingerprint density at radius 1 is 1.15 bits per heavy atom. The molecule has 0 bridgehead atoms. The monoisotopic (exact) mass is 388 g/mol. The summed E-state index contributed by atoms with van der Waals surface area (Å²) in [6.07, 6.45) is -0.565. The van der Waals surface area contributed by atoms with E-state index < -0.39 is 6.36 Å². The number of hydrogen-bond acceptors (Lipinski definition) is 6. The van der Waals surface area contributed by atoms with Crippen LogP contribution in [0.3, 0.4) is 0 Å². The van der Waals surface area contributed by atoms with Gasteiger partial charge in [-0.05, 0) is 12.5 Å². The Balaban J connectivity index is 1.77. The van der Waals surface area contributed by atoms with Gasteiger partial charge in [-0.3, -0.25) is 0 Å². The molecular weight excluding hydrogens is 377 g/mol. The van der Waals surface area contributed by atoms with Crippen molar-refractivity contribution in [3.63, 3.8) is 0 Å². The molecule has 0 unspecified atom stereocenters. The molecule has 0 saturated carbocycles. The highest BCUT2D eigenvalue weighted by Gasteiger charge is 2.33. The van der Waals surface area contributed by atoms with Gasteiger partial charge in [-0.25, -0.2) is 0 Å². The molecule has 0 spiro atoms. The maximum Gasteiger partial charge on any atom is 0.572 e.